The van der Waals surface area contributed by atoms with E-state index in [0.29, 0.717) is 18.6 Å². The van der Waals surface area contributed by atoms with Gasteiger partial charge in [-0.2, -0.15) is 0 Å². The number of nitrogens with two attached hydrogens (primary N) is 1. The van der Waals surface area contributed by atoms with Gasteiger partial charge in [0.05, 0.1) is 0 Å². The molecule has 0 saturated carbocycles. The zero-order valence-electron chi connectivity index (χ0n) is 12.0. The predicted octanol–water partition coefficient (Wildman–Crippen LogP) is 3.08. The molecule has 3 N–H and O–H groups in total. The second kappa shape index (κ2) is 6.70. The van der Waals surface area contributed by atoms with Crippen molar-refractivity contribution in [2.45, 2.75) is 39.8 Å². The molecular weight excluding hydrogens is 248 g/mol. The molecule has 5 heteroatoms. The van der Waals surface area contributed by atoms with Gasteiger partial charge in [-0.3, -0.25) is 4.90 Å². The number of nitrogens with zero attached hydrogens (tertiary/aromatic N) is 1. The summed E-state index contributed by atoms with van der Waals surface area (Å²) in [6, 6.07) is 3.02. The Bertz CT molecular complexity index is 388. The molecule has 1 aromatic rings. The minimum atomic E-state index is -0.654. The van der Waals surface area contributed by atoms with E-state index in [2.05, 4.69) is 37.9 Å². The fraction of sp³-hybridized carbons (Fsp3) is 0.571. The summed E-state index contributed by atoms with van der Waals surface area (Å²) >= 11 is 0. The van der Waals surface area contributed by atoms with Crippen LogP contribution in [0.5, 0.6) is 0 Å². The van der Waals surface area contributed by atoms with Crippen LogP contribution >= 0.6 is 0 Å². The predicted molar refractivity (Wildman–Crippen MR) is 76.2 cm³/mol. The maximum Gasteiger partial charge on any atom is 0.151 e. The lowest BCUT2D eigenvalue weighted by molar-refractivity contribution is 0.182. The smallest absolute Gasteiger partial charge is 0.151 e. The molecule has 0 aliphatic rings. The Labute approximate surface area is 113 Å². The highest BCUT2D eigenvalue weighted by Gasteiger charge is 2.14. The molecule has 0 atom stereocenters. The fourth-order valence-corrected chi connectivity index (χ4v) is 2.18. The Balaban J connectivity index is 2.63. The minimum Gasteiger partial charge on any atom is -0.399 e. The van der Waals surface area contributed by atoms with Crippen molar-refractivity contribution in [1.82, 2.24) is 4.90 Å². The molecule has 0 fully saturated rings. The number of halogens is 2. The SMILES string of the molecule is CC(C)N(CCNc1c(F)cc(N)cc1F)C(C)C. The number of anilines is 2. The van der Waals surface area contributed by atoms with Crippen molar-refractivity contribution in [2.75, 3.05) is 24.1 Å². The average molecular weight is 271 g/mol. The summed E-state index contributed by atoms with van der Waals surface area (Å²) in [4.78, 5) is 2.25. The topological polar surface area (TPSA) is 41.3 Å². The third kappa shape index (κ3) is 4.35. The molecule has 0 amide bonds. The summed E-state index contributed by atoms with van der Waals surface area (Å²) < 4.78 is 27.1. The van der Waals surface area contributed by atoms with Gasteiger partial charge in [0, 0.05) is 30.9 Å². The zero-order chi connectivity index (χ0) is 14.6. The Morgan fingerprint density at radius 1 is 1.11 bits per heavy atom. The quantitative estimate of drug-likeness (QED) is 0.781. The van der Waals surface area contributed by atoms with Crippen LogP contribution in [0.1, 0.15) is 27.7 Å². The molecule has 0 heterocycles. The second-order valence-electron chi connectivity index (χ2n) is 5.21. The highest BCUT2D eigenvalue weighted by atomic mass is 19.1. The van der Waals surface area contributed by atoms with E-state index in [9.17, 15) is 8.78 Å². The first-order valence-corrected chi connectivity index (χ1v) is 6.57. The Morgan fingerprint density at radius 2 is 1.58 bits per heavy atom. The van der Waals surface area contributed by atoms with Gasteiger partial charge in [0.25, 0.3) is 0 Å². The molecule has 0 aromatic heterocycles. The summed E-state index contributed by atoms with van der Waals surface area (Å²) in [7, 11) is 0. The summed E-state index contributed by atoms with van der Waals surface area (Å²) in [6.07, 6.45) is 0. The lowest BCUT2D eigenvalue weighted by Gasteiger charge is -2.30. The third-order valence-corrected chi connectivity index (χ3v) is 3.06. The number of hydrogen-bond acceptors (Lipinski definition) is 3. The van der Waals surface area contributed by atoms with Gasteiger partial charge in [-0.05, 0) is 39.8 Å². The van der Waals surface area contributed by atoms with E-state index in [0.717, 1.165) is 18.7 Å². The van der Waals surface area contributed by atoms with Crippen molar-refractivity contribution in [2.24, 2.45) is 0 Å². The van der Waals surface area contributed by atoms with Crippen LogP contribution in [0.4, 0.5) is 20.2 Å². The van der Waals surface area contributed by atoms with Gasteiger partial charge in [-0.1, -0.05) is 0 Å². The first-order chi connectivity index (χ1) is 8.82. The van der Waals surface area contributed by atoms with Crippen molar-refractivity contribution in [1.29, 1.82) is 0 Å². The highest BCUT2D eigenvalue weighted by molar-refractivity contribution is 5.54. The van der Waals surface area contributed by atoms with Gasteiger partial charge < -0.3 is 11.1 Å². The monoisotopic (exact) mass is 271 g/mol. The van der Waals surface area contributed by atoms with E-state index in [-0.39, 0.29) is 11.4 Å². The van der Waals surface area contributed by atoms with E-state index < -0.39 is 11.6 Å². The number of benzene rings is 1. The molecule has 19 heavy (non-hydrogen) atoms. The summed E-state index contributed by atoms with van der Waals surface area (Å²) in [6.45, 7) is 9.61. The number of hydrogen-bond donors (Lipinski definition) is 2. The molecule has 0 bridgehead atoms. The maximum absolute atomic E-state index is 13.6. The van der Waals surface area contributed by atoms with E-state index >= 15 is 0 Å². The lowest BCUT2D eigenvalue weighted by Crippen LogP contribution is -2.40. The van der Waals surface area contributed by atoms with Gasteiger partial charge in [-0.15, -0.1) is 0 Å². The van der Waals surface area contributed by atoms with E-state index in [1.165, 1.54) is 0 Å². The molecule has 0 radical (unpaired) electrons. The van der Waals surface area contributed by atoms with Crippen LogP contribution in [0.25, 0.3) is 0 Å². The largest absolute Gasteiger partial charge is 0.399 e. The van der Waals surface area contributed by atoms with Gasteiger partial charge in [-0.25, -0.2) is 8.78 Å². The molecule has 108 valence electrons. The maximum atomic E-state index is 13.6. The van der Waals surface area contributed by atoms with Crippen LogP contribution in [0.15, 0.2) is 12.1 Å². The molecule has 1 aromatic carbocycles. The average Bonchev–Trinajstić information content (AvgIpc) is 2.25. The van der Waals surface area contributed by atoms with Gasteiger partial charge in [0.1, 0.15) is 5.69 Å². The Kier molecular flexibility index (Phi) is 5.54. The van der Waals surface area contributed by atoms with Crippen LogP contribution in [0, 0.1) is 11.6 Å². The zero-order valence-corrected chi connectivity index (χ0v) is 12.0. The molecule has 0 unspecified atom stereocenters. The molecule has 3 nitrogen and oxygen atoms in total. The number of rotatable bonds is 6. The lowest BCUT2D eigenvalue weighted by atomic mass is 10.2. The van der Waals surface area contributed by atoms with Crippen LogP contribution in [0.3, 0.4) is 0 Å². The summed E-state index contributed by atoms with van der Waals surface area (Å²) in [5, 5.41) is 2.80. The van der Waals surface area contributed by atoms with Crippen LogP contribution < -0.4 is 11.1 Å². The molecular formula is C14H23F2N3. The summed E-state index contributed by atoms with van der Waals surface area (Å²) in [5.74, 6) is -1.31. The second-order valence-corrected chi connectivity index (χ2v) is 5.21. The summed E-state index contributed by atoms with van der Waals surface area (Å²) in [5.41, 5.74) is 5.35. The third-order valence-electron chi connectivity index (χ3n) is 3.06. The minimum absolute atomic E-state index is 0.0894. The normalized spacial score (nSPS) is 11.6. The van der Waals surface area contributed by atoms with Gasteiger partial charge >= 0.3 is 0 Å². The first-order valence-electron chi connectivity index (χ1n) is 6.57. The van der Waals surface area contributed by atoms with Crippen molar-refractivity contribution in [3.63, 3.8) is 0 Å². The van der Waals surface area contributed by atoms with Crippen LogP contribution in [0.2, 0.25) is 0 Å². The molecule has 0 spiro atoms. The van der Waals surface area contributed by atoms with Crippen molar-refractivity contribution >= 4 is 11.4 Å². The van der Waals surface area contributed by atoms with Crippen LogP contribution in [-0.4, -0.2) is 30.1 Å². The molecule has 0 saturated heterocycles. The van der Waals surface area contributed by atoms with Crippen LogP contribution in [-0.2, 0) is 0 Å². The number of nitrogen functional groups attached to an aromatic ring is 1. The highest BCUT2D eigenvalue weighted by Crippen LogP contribution is 2.21. The standard InChI is InChI=1S/C14H23F2N3/c1-9(2)19(10(3)4)6-5-18-14-12(15)7-11(17)8-13(14)16/h7-10,18H,5-6,17H2,1-4H3. The Morgan fingerprint density at radius 3 is 2.00 bits per heavy atom. The Hall–Kier alpha value is -1.36. The van der Waals surface area contributed by atoms with Crippen molar-refractivity contribution in [3.05, 3.63) is 23.8 Å². The van der Waals surface area contributed by atoms with E-state index in [1.54, 1.807) is 0 Å². The molecule has 1 rings (SSSR count). The molecule has 0 aliphatic carbocycles. The first kappa shape index (κ1) is 15.7. The van der Waals surface area contributed by atoms with Gasteiger partial charge in [0.2, 0.25) is 0 Å². The van der Waals surface area contributed by atoms with E-state index in [1.807, 2.05) is 0 Å². The molecule has 0 aliphatic heterocycles. The fourth-order valence-electron chi connectivity index (χ4n) is 2.18. The number of nitrogens with one attached hydrogen (secondary N) is 1. The van der Waals surface area contributed by atoms with Crippen molar-refractivity contribution in [3.8, 4) is 0 Å². The van der Waals surface area contributed by atoms with Crippen molar-refractivity contribution < 1.29 is 8.78 Å². The van der Waals surface area contributed by atoms with E-state index in [4.69, 9.17) is 5.73 Å². The van der Waals surface area contributed by atoms with Gasteiger partial charge in [0.15, 0.2) is 11.6 Å².